The Labute approximate surface area is 210 Å². The molecule has 0 saturated heterocycles. The number of fused-ring (bicyclic) bond motifs is 1. The number of imidazole rings is 1. The first kappa shape index (κ1) is 27.3. The molecule has 1 aromatic carbocycles. The number of unbranched alkanes of at least 4 members (excludes halogenated alkanes) is 2. The predicted octanol–water partition coefficient (Wildman–Crippen LogP) is 5.61. The van der Waals surface area contributed by atoms with E-state index in [0.717, 1.165) is 65.1 Å². The van der Waals surface area contributed by atoms with Gasteiger partial charge in [0.25, 0.3) is 0 Å². The van der Waals surface area contributed by atoms with Crippen LogP contribution in [0.5, 0.6) is 5.75 Å². The van der Waals surface area contributed by atoms with Gasteiger partial charge in [0.05, 0.1) is 30.6 Å². The van der Waals surface area contributed by atoms with Crippen molar-refractivity contribution in [1.82, 2.24) is 20.1 Å². The average Bonchev–Trinajstić information content (AvgIpc) is 3.50. The summed E-state index contributed by atoms with van der Waals surface area (Å²) in [7, 11) is 1.65. The van der Waals surface area contributed by atoms with Gasteiger partial charge >= 0.3 is 0 Å². The zero-order valence-corrected chi connectivity index (χ0v) is 20.7. The summed E-state index contributed by atoms with van der Waals surface area (Å²) >= 11 is 0. The molecule has 182 valence electrons. The summed E-state index contributed by atoms with van der Waals surface area (Å²) in [5.74, 6) is 1.48. The van der Waals surface area contributed by atoms with Gasteiger partial charge in [0.15, 0.2) is 5.78 Å². The number of hydrogen-bond donors (Lipinski definition) is 2. The normalized spacial score (nSPS) is 11.5. The van der Waals surface area contributed by atoms with Crippen LogP contribution in [-0.4, -0.2) is 33.0 Å². The molecule has 0 radical (unpaired) electrons. The smallest absolute Gasteiger partial charge is 0.184 e. The standard InChI is InChI=1S/C24H27N5O3.2ClH/c1-15-8-9-16-12-17(23(31-2)13-20(16)27-15)21-14-26-24(28-21)18(25)6-4-3-5-7-22(30)19-10-11-32-29-19;;/h8-14,18H,3-7,25H2,1-2H3,(H,26,28);2*1H/t18-;;/m0../s1. The fourth-order valence-corrected chi connectivity index (χ4v) is 3.74. The van der Waals surface area contributed by atoms with Crippen LogP contribution in [0.25, 0.3) is 22.2 Å². The van der Waals surface area contributed by atoms with Crippen LogP contribution in [0.15, 0.2) is 47.3 Å². The summed E-state index contributed by atoms with van der Waals surface area (Å²) in [4.78, 5) is 24.4. The zero-order valence-electron chi connectivity index (χ0n) is 19.1. The van der Waals surface area contributed by atoms with E-state index >= 15 is 0 Å². The average molecular weight is 506 g/mol. The van der Waals surface area contributed by atoms with Crippen molar-refractivity contribution in [3.05, 3.63) is 60.0 Å². The van der Waals surface area contributed by atoms with Crippen LogP contribution in [0.2, 0.25) is 0 Å². The summed E-state index contributed by atoms with van der Waals surface area (Å²) in [6.45, 7) is 1.97. The molecule has 0 aliphatic rings. The summed E-state index contributed by atoms with van der Waals surface area (Å²) in [6.07, 6.45) is 7.06. The summed E-state index contributed by atoms with van der Waals surface area (Å²) in [6, 6.07) is 9.43. The molecule has 0 aliphatic carbocycles. The van der Waals surface area contributed by atoms with Gasteiger partial charge in [-0.2, -0.15) is 0 Å². The molecule has 0 amide bonds. The lowest BCUT2D eigenvalue weighted by Crippen LogP contribution is -2.12. The zero-order chi connectivity index (χ0) is 22.5. The van der Waals surface area contributed by atoms with E-state index in [1.54, 1.807) is 19.4 Å². The van der Waals surface area contributed by atoms with Crippen LogP contribution in [0, 0.1) is 6.92 Å². The minimum atomic E-state index is -0.203. The van der Waals surface area contributed by atoms with E-state index in [-0.39, 0.29) is 36.6 Å². The van der Waals surface area contributed by atoms with Crippen LogP contribution >= 0.6 is 24.8 Å². The molecule has 4 rings (SSSR count). The van der Waals surface area contributed by atoms with Gasteiger partial charge in [0.1, 0.15) is 23.5 Å². The lowest BCUT2D eigenvalue weighted by molar-refractivity contribution is 0.0970. The highest BCUT2D eigenvalue weighted by Gasteiger charge is 2.15. The molecule has 0 saturated carbocycles. The number of benzene rings is 1. The van der Waals surface area contributed by atoms with Crippen LogP contribution < -0.4 is 10.5 Å². The highest BCUT2D eigenvalue weighted by molar-refractivity contribution is 5.93. The number of rotatable bonds is 10. The summed E-state index contributed by atoms with van der Waals surface area (Å²) < 4.78 is 10.3. The Morgan fingerprint density at radius 2 is 2.00 bits per heavy atom. The van der Waals surface area contributed by atoms with Gasteiger partial charge in [-0.05, 0) is 31.9 Å². The van der Waals surface area contributed by atoms with Crippen molar-refractivity contribution >= 4 is 41.5 Å². The molecule has 8 nitrogen and oxygen atoms in total. The number of hydrogen-bond acceptors (Lipinski definition) is 7. The molecule has 0 fully saturated rings. The van der Waals surface area contributed by atoms with E-state index in [1.165, 1.54) is 6.26 Å². The molecule has 3 heterocycles. The van der Waals surface area contributed by atoms with Crippen molar-refractivity contribution in [3.63, 3.8) is 0 Å². The third-order valence-electron chi connectivity index (χ3n) is 5.53. The first-order chi connectivity index (χ1) is 15.5. The summed E-state index contributed by atoms with van der Waals surface area (Å²) in [5.41, 5.74) is 10.4. The van der Waals surface area contributed by atoms with E-state index < -0.39 is 0 Å². The van der Waals surface area contributed by atoms with Crippen molar-refractivity contribution in [1.29, 1.82) is 0 Å². The van der Waals surface area contributed by atoms with Gasteiger partial charge in [-0.1, -0.05) is 24.1 Å². The Morgan fingerprint density at radius 1 is 1.18 bits per heavy atom. The van der Waals surface area contributed by atoms with E-state index in [1.807, 2.05) is 19.1 Å². The fraction of sp³-hybridized carbons (Fsp3) is 0.333. The maximum Gasteiger partial charge on any atom is 0.184 e. The number of nitrogens with one attached hydrogen (secondary N) is 1. The number of aryl methyl sites for hydroxylation is 1. The number of aromatic nitrogens is 4. The third kappa shape index (κ3) is 6.34. The second-order valence-corrected chi connectivity index (χ2v) is 7.89. The molecule has 3 N–H and O–H groups in total. The highest BCUT2D eigenvalue weighted by atomic mass is 35.5. The van der Waals surface area contributed by atoms with Crippen molar-refractivity contribution in [2.45, 2.75) is 45.1 Å². The fourth-order valence-electron chi connectivity index (χ4n) is 3.74. The molecule has 10 heteroatoms. The maximum atomic E-state index is 11.9. The number of ketones is 1. The quantitative estimate of drug-likeness (QED) is 0.212. The first-order valence-corrected chi connectivity index (χ1v) is 10.7. The van der Waals surface area contributed by atoms with Crippen molar-refractivity contribution in [2.75, 3.05) is 7.11 Å². The number of Topliss-reactive ketones (excluding diaryl/α,β-unsaturated/α-hetero) is 1. The molecule has 0 aliphatic heterocycles. The van der Waals surface area contributed by atoms with E-state index in [9.17, 15) is 4.79 Å². The molecule has 0 bridgehead atoms. The van der Waals surface area contributed by atoms with Crippen LogP contribution in [0.1, 0.15) is 60.2 Å². The van der Waals surface area contributed by atoms with Crippen molar-refractivity contribution in [3.8, 4) is 17.0 Å². The lowest BCUT2D eigenvalue weighted by atomic mass is 10.0. The Bertz CT molecular complexity index is 1210. The number of aromatic amines is 1. The highest BCUT2D eigenvalue weighted by Crippen LogP contribution is 2.33. The number of nitrogens with zero attached hydrogens (tertiary/aromatic N) is 3. The number of ether oxygens (including phenoxy) is 1. The largest absolute Gasteiger partial charge is 0.496 e. The van der Waals surface area contributed by atoms with Crippen LogP contribution in [0.4, 0.5) is 0 Å². The SMILES string of the molecule is COc1cc2nc(C)ccc2cc1-c1cnc([C@@H](N)CCCCCC(=O)c2ccon2)[nH]1.Cl.Cl. The number of halogens is 2. The van der Waals surface area contributed by atoms with Crippen LogP contribution in [0.3, 0.4) is 0 Å². The van der Waals surface area contributed by atoms with Gasteiger partial charge in [0, 0.05) is 35.2 Å². The number of methoxy groups -OCH3 is 1. The Hall–Kier alpha value is -2.94. The minimum absolute atomic E-state index is 0. The monoisotopic (exact) mass is 505 g/mol. The minimum Gasteiger partial charge on any atom is -0.496 e. The van der Waals surface area contributed by atoms with Gasteiger partial charge in [0.2, 0.25) is 0 Å². The summed E-state index contributed by atoms with van der Waals surface area (Å²) in [5, 5.41) is 4.71. The second kappa shape index (κ2) is 12.5. The molecule has 0 unspecified atom stereocenters. The van der Waals surface area contributed by atoms with Crippen molar-refractivity contribution < 1.29 is 14.1 Å². The molecule has 0 spiro atoms. The number of nitrogens with two attached hydrogens (primary N) is 1. The third-order valence-corrected chi connectivity index (χ3v) is 5.53. The van der Waals surface area contributed by atoms with Gasteiger partial charge < -0.3 is 20.0 Å². The van der Waals surface area contributed by atoms with E-state index in [4.69, 9.17) is 15.0 Å². The maximum absolute atomic E-state index is 11.9. The van der Waals surface area contributed by atoms with Gasteiger partial charge in [-0.15, -0.1) is 24.8 Å². The number of carbonyl (C=O) groups is 1. The predicted molar refractivity (Wildman–Crippen MR) is 136 cm³/mol. The Kier molecular flexibility index (Phi) is 10.0. The van der Waals surface area contributed by atoms with Crippen LogP contribution in [-0.2, 0) is 0 Å². The molecule has 1 atom stereocenters. The second-order valence-electron chi connectivity index (χ2n) is 7.89. The van der Waals surface area contributed by atoms with E-state index in [2.05, 4.69) is 32.2 Å². The number of H-pyrrole nitrogens is 1. The number of carbonyl (C=O) groups excluding carboxylic acids is 1. The Balaban J connectivity index is 0.00000204. The lowest BCUT2D eigenvalue weighted by Gasteiger charge is -2.10. The first-order valence-electron chi connectivity index (χ1n) is 10.7. The molecule has 4 aromatic rings. The molecule has 3 aromatic heterocycles. The topological polar surface area (TPSA) is 120 Å². The molecule has 34 heavy (non-hydrogen) atoms. The number of pyridine rings is 1. The van der Waals surface area contributed by atoms with E-state index in [0.29, 0.717) is 12.1 Å². The molecular weight excluding hydrogens is 477 g/mol. The van der Waals surface area contributed by atoms with Gasteiger partial charge in [-0.3, -0.25) is 9.78 Å². The van der Waals surface area contributed by atoms with Gasteiger partial charge in [-0.25, -0.2) is 4.98 Å². The Morgan fingerprint density at radius 3 is 2.74 bits per heavy atom. The van der Waals surface area contributed by atoms with Crippen molar-refractivity contribution in [2.24, 2.45) is 5.73 Å². The molecular formula is C24H29Cl2N5O3.